The highest BCUT2D eigenvalue weighted by molar-refractivity contribution is 8.22. The number of allylic oxidation sites excluding steroid dienone is 3. The Kier molecular flexibility index (Phi) is 8.60. The fourth-order valence-electron chi connectivity index (χ4n) is 2.13. The number of rotatable bonds is 7. The van der Waals surface area contributed by atoms with Crippen LogP contribution in [0.15, 0.2) is 22.5 Å². The SMILES string of the molecule is CCSC(=CC(=O)/C=C/C1CCCCC1)SCC. The van der Waals surface area contributed by atoms with Gasteiger partial charge in [0.1, 0.15) is 0 Å². The Bertz CT molecular complexity index is 294. The van der Waals surface area contributed by atoms with Crippen molar-refractivity contribution in [3.8, 4) is 0 Å². The minimum Gasteiger partial charge on any atom is -0.290 e. The molecule has 102 valence electrons. The van der Waals surface area contributed by atoms with Gasteiger partial charge in [-0.2, -0.15) is 0 Å². The summed E-state index contributed by atoms with van der Waals surface area (Å²) in [6.45, 7) is 4.24. The lowest BCUT2D eigenvalue weighted by Gasteiger charge is -2.17. The van der Waals surface area contributed by atoms with E-state index >= 15 is 0 Å². The van der Waals surface area contributed by atoms with Crippen molar-refractivity contribution < 1.29 is 4.79 Å². The Balaban J connectivity index is 2.46. The van der Waals surface area contributed by atoms with Crippen LogP contribution < -0.4 is 0 Å². The van der Waals surface area contributed by atoms with Crippen LogP contribution in [0.2, 0.25) is 0 Å². The van der Waals surface area contributed by atoms with E-state index in [-0.39, 0.29) is 5.78 Å². The van der Waals surface area contributed by atoms with Gasteiger partial charge in [-0.1, -0.05) is 39.2 Å². The monoisotopic (exact) mass is 284 g/mol. The van der Waals surface area contributed by atoms with Crippen LogP contribution in [0.25, 0.3) is 0 Å². The van der Waals surface area contributed by atoms with Gasteiger partial charge in [-0.15, -0.1) is 23.5 Å². The Morgan fingerprint density at radius 3 is 2.28 bits per heavy atom. The maximum absolute atomic E-state index is 11.9. The summed E-state index contributed by atoms with van der Waals surface area (Å²) in [6, 6.07) is 0. The quantitative estimate of drug-likeness (QED) is 0.610. The third-order valence-electron chi connectivity index (χ3n) is 3.02. The van der Waals surface area contributed by atoms with Crippen LogP contribution in [0.4, 0.5) is 0 Å². The predicted molar refractivity (Wildman–Crippen MR) is 85.1 cm³/mol. The van der Waals surface area contributed by atoms with Crippen molar-refractivity contribution in [2.24, 2.45) is 5.92 Å². The lowest BCUT2D eigenvalue weighted by molar-refractivity contribution is -0.110. The molecule has 1 aliphatic carbocycles. The average Bonchev–Trinajstić information content (AvgIpc) is 2.38. The highest BCUT2D eigenvalue weighted by atomic mass is 32.2. The van der Waals surface area contributed by atoms with Crippen molar-refractivity contribution >= 4 is 29.3 Å². The first-order chi connectivity index (χ1) is 8.76. The zero-order valence-corrected chi connectivity index (χ0v) is 13.1. The summed E-state index contributed by atoms with van der Waals surface area (Å²) >= 11 is 3.52. The lowest BCUT2D eigenvalue weighted by atomic mass is 9.89. The molecule has 0 aliphatic heterocycles. The zero-order valence-electron chi connectivity index (χ0n) is 11.5. The Labute approximate surface area is 120 Å². The molecule has 0 amide bonds. The normalized spacial score (nSPS) is 17.0. The molecule has 1 fully saturated rings. The smallest absolute Gasteiger partial charge is 0.179 e. The van der Waals surface area contributed by atoms with Gasteiger partial charge < -0.3 is 0 Å². The van der Waals surface area contributed by atoms with Crippen LogP contribution in [0.1, 0.15) is 46.0 Å². The van der Waals surface area contributed by atoms with E-state index in [0.717, 1.165) is 15.7 Å². The maximum atomic E-state index is 11.9. The summed E-state index contributed by atoms with van der Waals surface area (Å²) in [5.74, 6) is 2.84. The zero-order chi connectivity index (χ0) is 13.2. The van der Waals surface area contributed by atoms with Crippen molar-refractivity contribution in [2.75, 3.05) is 11.5 Å². The van der Waals surface area contributed by atoms with E-state index in [1.807, 2.05) is 0 Å². The fraction of sp³-hybridized carbons (Fsp3) is 0.667. The van der Waals surface area contributed by atoms with E-state index in [2.05, 4.69) is 19.9 Å². The van der Waals surface area contributed by atoms with Crippen molar-refractivity contribution in [1.82, 2.24) is 0 Å². The van der Waals surface area contributed by atoms with Crippen molar-refractivity contribution in [2.45, 2.75) is 46.0 Å². The van der Waals surface area contributed by atoms with Crippen LogP contribution in [0, 0.1) is 5.92 Å². The largest absolute Gasteiger partial charge is 0.290 e. The maximum Gasteiger partial charge on any atom is 0.179 e. The van der Waals surface area contributed by atoms with Crippen molar-refractivity contribution in [1.29, 1.82) is 0 Å². The summed E-state index contributed by atoms with van der Waals surface area (Å²) in [5, 5.41) is 0. The Morgan fingerprint density at radius 1 is 1.11 bits per heavy atom. The molecule has 1 saturated carbocycles. The standard InChI is InChI=1S/C15H24OS2/c1-3-17-15(18-4-2)12-14(16)11-10-13-8-6-5-7-9-13/h10-13H,3-9H2,1-2H3/b11-10+. The van der Waals surface area contributed by atoms with Gasteiger partial charge in [0.15, 0.2) is 5.78 Å². The fourth-order valence-corrected chi connectivity index (χ4v) is 4.14. The van der Waals surface area contributed by atoms with Crippen LogP contribution in [-0.4, -0.2) is 17.3 Å². The predicted octanol–water partition coefficient (Wildman–Crippen LogP) is 5.04. The van der Waals surface area contributed by atoms with Crippen LogP contribution in [0.3, 0.4) is 0 Å². The first-order valence-electron chi connectivity index (χ1n) is 6.95. The Hall–Kier alpha value is -0.150. The van der Waals surface area contributed by atoms with E-state index in [1.54, 1.807) is 35.7 Å². The molecule has 0 N–H and O–H groups in total. The van der Waals surface area contributed by atoms with Gasteiger partial charge in [-0.25, -0.2) is 0 Å². The minimum absolute atomic E-state index is 0.150. The van der Waals surface area contributed by atoms with Gasteiger partial charge in [0.25, 0.3) is 0 Å². The van der Waals surface area contributed by atoms with Gasteiger partial charge in [0, 0.05) is 10.3 Å². The van der Waals surface area contributed by atoms with Gasteiger partial charge in [0.2, 0.25) is 0 Å². The van der Waals surface area contributed by atoms with Crippen LogP contribution >= 0.6 is 23.5 Å². The van der Waals surface area contributed by atoms with Crippen molar-refractivity contribution in [3.05, 3.63) is 22.5 Å². The molecule has 1 aliphatic rings. The molecule has 0 heterocycles. The second-order valence-corrected chi connectivity index (χ2v) is 7.36. The number of ketones is 1. The number of hydrogen-bond acceptors (Lipinski definition) is 3. The molecule has 1 nitrogen and oxygen atoms in total. The first-order valence-corrected chi connectivity index (χ1v) is 8.92. The molecule has 1 rings (SSSR count). The van der Waals surface area contributed by atoms with Crippen molar-refractivity contribution in [3.63, 3.8) is 0 Å². The second-order valence-electron chi connectivity index (χ2n) is 4.49. The van der Waals surface area contributed by atoms with E-state index in [4.69, 9.17) is 0 Å². The first kappa shape index (κ1) is 15.9. The number of thioether (sulfide) groups is 2. The highest BCUT2D eigenvalue weighted by Gasteiger charge is 2.10. The molecule has 0 saturated heterocycles. The molecule has 0 aromatic heterocycles. The summed E-state index contributed by atoms with van der Waals surface area (Å²) in [7, 11) is 0. The second kappa shape index (κ2) is 9.74. The summed E-state index contributed by atoms with van der Waals surface area (Å²) < 4.78 is 1.15. The molecule has 18 heavy (non-hydrogen) atoms. The minimum atomic E-state index is 0.150. The van der Waals surface area contributed by atoms with E-state index in [9.17, 15) is 4.79 Å². The van der Waals surface area contributed by atoms with Crippen LogP contribution in [0.5, 0.6) is 0 Å². The molecule has 0 unspecified atom stereocenters. The van der Waals surface area contributed by atoms with Crippen LogP contribution in [-0.2, 0) is 4.79 Å². The number of carbonyl (C=O) groups is 1. The molecule has 3 heteroatoms. The molecule has 0 aromatic carbocycles. The topological polar surface area (TPSA) is 17.1 Å². The summed E-state index contributed by atoms with van der Waals surface area (Å²) in [4.78, 5) is 11.9. The number of hydrogen-bond donors (Lipinski definition) is 0. The molecule has 0 atom stereocenters. The third kappa shape index (κ3) is 6.69. The molecular formula is C15H24OS2. The molecule has 0 bridgehead atoms. The summed E-state index contributed by atoms with van der Waals surface area (Å²) in [6.07, 6.45) is 12.2. The molecule has 0 radical (unpaired) electrons. The van der Waals surface area contributed by atoms with Gasteiger partial charge in [0.05, 0.1) is 0 Å². The summed E-state index contributed by atoms with van der Waals surface area (Å²) in [5.41, 5.74) is 0. The third-order valence-corrected chi connectivity index (χ3v) is 5.10. The van der Waals surface area contributed by atoms with E-state index < -0.39 is 0 Å². The number of carbonyl (C=O) groups excluding carboxylic acids is 1. The lowest BCUT2D eigenvalue weighted by Crippen LogP contribution is -2.03. The molecule has 0 aromatic rings. The van der Waals surface area contributed by atoms with Gasteiger partial charge in [-0.05, 0) is 36.3 Å². The van der Waals surface area contributed by atoms with Gasteiger partial charge >= 0.3 is 0 Å². The van der Waals surface area contributed by atoms with Gasteiger partial charge in [-0.3, -0.25) is 4.79 Å². The van der Waals surface area contributed by atoms with E-state index in [1.165, 1.54) is 32.1 Å². The Morgan fingerprint density at radius 2 is 1.72 bits per heavy atom. The highest BCUT2D eigenvalue weighted by Crippen LogP contribution is 2.28. The molecular weight excluding hydrogens is 260 g/mol. The molecule has 0 spiro atoms. The van der Waals surface area contributed by atoms with E-state index in [0.29, 0.717) is 5.92 Å². The average molecular weight is 284 g/mol.